The Morgan fingerprint density at radius 3 is 2.38 bits per heavy atom. The van der Waals surface area contributed by atoms with E-state index in [1.54, 1.807) is 0 Å². The minimum Gasteiger partial charge on any atom is -0.438 e. The predicted octanol–water partition coefficient (Wildman–Crippen LogP) is 5.12. The molecule has 0 radical (unpaired) electrons. The lowest BCUT2D eigenvalue weighted by Crippen LogP contribution is -2.45. The minimum atomic E-state index is 0.481. The molecule has 3 rings (SSSR count). The monoisotopic (exact) mass is 353 g/mol. The Bertz CT molecular complexity index is 792. The van der Waals surface area contributed by atoms with Gasteiger partial charge in [0, 0.05) is 24.0 Å². The van der Waals surface area contributed by atoms with Crippen LogP contribution in [0.25, 0.3) is 0 Å². The van der Waals surface area contributed by atoms with Crippen LogP contribution in [0.4, 0.5) is 5.69 Å². The van der Waals surface area contributed by atoms with E-state index >= 15 is 0 Å². The molecule has 0 saturated carbocycles. The zero-order valence-corrected chi connectivity index (χ0v) is 17.2. The van der Waals surface area contributed by atoms with E-state index in [9.17, 15) is 0 Å². The van der Waals surface area contributed by atoms with Gasteiger partial charge < -0.3 is 9.64 Å². The highest BCUT2D eigenvalue weighted by atomic mass is 16.5. The molecule has 1 aromatic carbocycles. The van der Waals surface area contributed by atoms with Crippen LogP contribution >= 0.6 is 0 Å². The molecule has 26 heavy (non-hydrogen) atoms. The maximum atomic E-state index is 6.42. The fraction of sp³-hybridized carbons (Fsp3) is 0.500. The lowest BCUT2D eigenvalue weighted by atomic mass is 10.1. The molecule has 2 aromatic rings. The normalized spacial score (nSPS) is 15.7. The first-order chi connectivity index (χ1) is 12.3. The molecule has 0 N–H and O–H groups in total. The first kappa shape index (κ1) is 18.7. The van der Waals surface area contributed by atoms with Gasteiger partial charge in [0.1, 0.15) is 5.75 Å². The highest BCUT2D eigenvalue weighted by molar-refractivity contribution is 5.61. The van der Waals surface area contributed by atoms with Crippen molar-refractivity contribution in [3.05, 3.63) is 46.1 Å². The van der Waals surface area contributed by atoms with Gasteiger partial charge in [-0.2, -0.15) is 0 Å². The third-order valence-corrected chi connectivity index (χ3v) is 5.25. The van der Waals surface area contributed by atoms with Crippen molar-refractivity contribution in [3.63, 3.8) is 0 Å². The van der Waals surface area contributed by atoms with Gasteiger partial charge in [-0.15, -0.1) is 0 Å². The number of pyridine rings is 1. The number of rotatable bonds is 4. The highest BCUT2D eigenvalue weighted by Gasteiger charge is 2.28. The molecule has 1 aromatic heterocycles. The molecule has 0 aliphatic carbocycles. The smallest absolute Gasteiger partial charge is 0.226 e. The molecule has 0 bridgehead atoms. The molecule has 0 saturated heterocycles. The number of anilines is 1. The summed E-state index contributed by atoms with van der Waals surface area (Å²) in [6, 6.07) is 7.02. The average Bonchev–Trinajstić information content (AvgIpc) is 2.57. The van der Waals surface area contributed by atoms with Crippen molar-refractivity contribution in [2.45, 2.75) is 60.5 Å². The summed E-state index contributed by atoms with van der Waals surface area (Å²) in [5.74, 6) is 1.68. The van der Waals surface area contributed by atoms with E-state index < -0.39 is 0 Å². The molecule has 140 valence electrons. The van der Waals surface area contributed by atoms with E-state index in [2.05, 4.69) is 76.6 Å². The predicted molar refractivity (Wildman–Crippen MR) is 108 cm³/mol. The quantitative estimate of drug-likeness (QED) is 0.763. The number of fused-ring (bicyclic) bond motifs is 1. The Morgan fingerprint density at radius 2 is 1.77 bits per heavy atom. The van der Waals surface area contributed by atoms with Gasteiger partial charge >= 0.3 is 0 Å². The van der Waals surface area contributed by atoms with Gasteiger partial charge in [-0.3, -0.25) is 4.90 Å². The van der Waals surface area contributed by atoms with E-state index in [1.165, 1.54) is 16.8 Å². The molecule has 1 atom stereocenters. The van der Waals surface area contributed by atoms with Gasteiger partial charge in [-0.25, -0.2) is 4.98 Å². The number of ether oxygens (including phenoxy) is 1. The number of hydrogen-bond acceptors (Lipinski definition) is 4. The summed E-state index contributed by atoms with van der Waals surface area (Å²) >= 11 is 0. The fourth-order valence-corrected chi connectivity index (χ4v) is 3.82. The zero-order chi connectivity index (χ0) is 19.0. The van der Waals surface area contributed by atoms with Crippen LogP contribution in [0.3, 0.4) is 0 Å². The molecular weight excluding hydrogens is 322 g/mol. The molecule has 1 aliphatic rings. The van der Waals surface area contributed by atoms with Gasteiger partial charge in [-0.05, 0) is 65.3 Å². The summed E-state index contributed by atoms with van der Waals surface area (Å²) in [5.41, 5.74) is 7.02. The molecule has 0 fully saturated rings. The largest absolute Gasteiger partial charge is 0.438 e. The fourth-order valence-electron chi connectivity index (χ4n) is 3.82. The molecule has 0 spiro atoms. The Kier molecular flexibility index (Phi) is 5.24. The molecular formula is C22H31N3O. The first-order valence-electron chi connectivity index (χ1n) is 9.51. The third kappa shape index (κ3) is 3.56. The topological polar surface area (TPSA) is 28.6 Å². The van der Waals surface area contributed by atoms with E-state index in [4.69, 9.17) is 9.72 Å². The van der Waals surface area contributed by atoms with Crippen LogP contribution in [-0.2, 0) is 6.54 Å². The maximum absolute atomic E-state index is 6.42. The van der Waals surface area contributed by atoms with Crippen LogP contribution in [0.5, 0.6) is 11.6 Å². The number of aryl methyl sites for hydroxylation is 4. The van der Waals surface area contributed by atoms with Gasteiger partial charge in [0.05, 0.1) is 12.2 Å². The van der Waals surface area contributed by atoms with Crippen LogP contribution in [0, 0.1) is 27.7 Å². The lowest BCUT2D eigenvalue weighted by molar-refractivity contribution is 0.288. The van der Waals surface area contributed by atoms with Crippen molar-refractivity contribution in [3.8, 4) is 11.6 Å². The SMILES string of the molecule is CCC(C)N1CN(C)Cc2c1cc(C)nc2Oc1c(C)cc(C)cc1C. The Balaban J connectivity index is 2.08. The van der Waals surface area contributed by atoms with E-state index in [1.807, 2.05) is 0 Å². The molecule has 4 heteroatoms. The molecule has 1 unspecified atom stereocenters. The van der Waals surface area contributed by atoms with Gasteiger partial charge in [0.15, 0.2) is 0 Å². The second kappa shape index (κ2) is 7.28. The number of hydrogen-bond donors (Lipinski definition) is 0. The van der Waals surface area contributed by atoms with Crippen molar-refractivity contribution in [1.82, 2.24) is 9.88 Å². The zero-order valence-electron chi connectivity index (χ0n) is 17.2. The van der Waals surface area contributed by atoms with E-state index in [0.717, 1.165) is 48.1 Å². The Labute approximate surface area is 157 Å². The molecule has 0 amide bonds. The lowest BCUT2D eigenvalue weighted by Gasteiger charge is -2.40. The highest BCUT2D eigenvalue weighted by Crippen LogP contribution is 2.38. The summed E-state index contributed by atoms with van der Waals surface area (Å²) in [6.45, 7) is 14.7. The molecule has 4 nitrogen and oxygen atoms in total. The second-order valence-electron chi connectivity index (χ2n) is 7.78. The van der Waals surface area contributed by atoms with Gasteiger partial charge in [-0.1, -0.05) is 24.6 Å². The Hall–Kier alpha value is -2.07. The van der Waals surface area contributed by atoms with Crippen LogP contribution in [0.15, 0.2) is 18.2 Å². The summed E-state index contributed by atoms with van der Waals surface area (Å²) in [6.07, 6.45) is 1.11. The maximum Gasteiger partial charge on any atom is 0.226 e. The van der Waals surface area contributed by atoms with Crippen LogP contribution in [0.1, 0.15) is 48.2 Å². The van der Waals surface area contributed by atoms with Gasteiger partial charge in [0.2, 0.25) is 5.88 Å². The van der Waals surface area contributed by atoms with Crippen molar-refractivity contribution in [2.24, 2.45) is 0 Å². The standard InChI is InChI=1S/C22H31N3O/c1-8-18(6)25-13-24(7)12-19-20(25)11-17(5)23-22(19)26-21-15(3)9-14(2)10-16(21)4/h9-11,18H,8,12-13H2,1-7H3. The third-order valence-electron chi connectivity index (χ3n) is 5.25. The van der Waals surface area contributed by atoms with Crippen molar-refractivity contribution in [2.75, 3.05) is 18.6 Å². The van der Waals surface area contributed by atoms with Gasteiger partial charge in [0.25, 0.3) is 0 Å². The first-order valence-corrected chi connectivity index (χ1v) is 9.51. The van der Waals surface area contributed by atoms with Crippen LogP contribution < -0.4 is 9.64 Å². The van der Waals surface area contributed by atoms with Crippen molar-refractivity contribution < 1.29 is 4.74 Å². The van der Waals surface area contributed by atoms with Crippen molar-refractivity contribution >= 4 is 5.69 Å². The number of benzene rings is 1. The van der Waals surface area contributed by atoms with Crippen molar-refractivity contribution in [1.29, 1.82) is 0 Å². The molecule has 1 aliphatic heterocycles. The van der Waals surface area contributed by atoms with E-state index in [0.29, 0.717) is 6.04 Å². The number of nitrogens with zero attached hydrogens (tertiary/aromatic N) is 3. The van der Waals surface area contributed by atoms with E-state index in [-0.39, 0.29) is 0 Å². The summed E-state index contributed by atoms with van der Waals surface area (Å²) in [7, 11) is 2.16. The molecule has 2 heterocycles. The summed E-state index contributed by atoms with van der Waals surface area (Å²) in [4.78, 5) is 9.56. The Morgan fingerprint density at radius 1 is 1.12 bits per heavy atom. The number of aromatic nitrogens is 1. The summed E-state index contributed by atoms with van der Waals surface area (Å²) in [5, 5.41) is 0. The summed E-state index contributed by atoms with van der Waals surface area (Å²) < 4.78 is 6.42. The average molecular weight is 354 g/mol. The minimum absolute atomic E-state index is 0.481. The van der Waals surface area contributed by atoms with Crippen LogP contribution in [-0.4, -0.2) is 29.6 Å². The second-order valence-corrected chi connectivity index (χ2v) is 7.78. The van der Waals surface area contributed by atoms with Crippen LogP contribution in [0.2, 0.25) is 0 Å².